The van der Waals surface area contributed by atoms with E-state index in [2.05, 4.69) is 22.5 Å². The molecule has 1 unspecified atom stereocenters. The number of nitrogens with one attached hydrogen (secondary N) is 3. The van der Waals surface area contributed by atoms with E-state index in [-0.39, 0.29) is 12.5 Å². The van der Waals surface area contributed by atoms with Crippen molar-refractivity contribution in [2.24, 2.45) is 0 Å². The van der Waals surface area contributed by atoms with Crippen molar-refractivity contribution in [3.8, 4) is 17.6 Å². The second kappa shape index (κ2) is 9.50. The van der Waals surface area contributed by atoms with Gasteiger partial charge in [-0.25, -0.2) is 4.79 Å². The van der Waals surface area contributed by atoms with Gasteiger partial charge in [-0.2, -0.15) is 0 Å². The van der Waals surface area contributed by atoms with E-state index in [1.165, 1.54) is 12.0 Å². The average Bonchev–Trinajstić information content (AvgIpc) is 3.32. The molecule has 0 aromatic heterocycles. The third kappa shape index (κ3) is 4.55. The Morgan fingerprint density at radius 2 is 1.86 bits per heavy atom. The fourth-order valence-corrected chi connectivity index (χ4v) is 4.22. The second-order valence-electron chi connectivity index (χ2n) is 8.35. The first-order chi connectivity index (χ1) is 16.8. The van der Waals surface area contributed by atoms with Gasteiger partial charge in [0, 0.05) is 36.3 Å². The van der Waals surface area contributed by atoms with E-state index in [1.54, 1.807) is 36.4 Å². The highest BCUT2D eigenvalue weighted by molar-refractivity contribution is 6.10. The first-order valence-corrected chi connectivity index (χ1v) is 11.4. The summed E-state index contributed by atoms with van der Waals surface area (Å²) in [5, 5.41) is 13.2. The number of amidine groups is 1. The largest absolute Gasteiger partial charge is 0.497 e. The first kappa shape index (κ1) is 23.8. The third-order valence-corrected chi connectivity index (χ3v) is 6.22. The summed E-state index contributed by atoms with van der Waals surface area (Å²) in [6.45, 7) is 5.67. The number of carbonyl (C=O) groups excluding carboxylic acids is 3. The zero-order valence-corrected chi connectivity index (χ0v) is 19.9. The molecule has 3 N–H and O–H groups in total. The summed E-state index contributed by atoms with van der Waals surface area (Å²) in [5.41, 5.74) is 1.12. The van der Waals surface area contributed by atoms with Crippen molar-refractivity contribution < 1.29 is 19.1 Å². The van der Waals surface area contributed by atoms with E-state index in [1.807, 2.05) is 24.8 Å². The zero-order chi connectivity index (χ0) is 25.2. The maximum Gasteiger partial charge on any atom is 0.323 e. The van der Waals surface area contributed by atoms with Gasteiger partial charge in [-0.3, -0.25) is 20.3 Å². The van der Waals surface area contributed by atoms with Crippen molar-refractivity contribution in [3.05, 3.63) is 64.7 Å². The van der Waals surface area contributed by atoms with E-state index in [4.69, 9.17) is 10.1 Å². The molecule has 2 aromatic carbocycles. The van der Waals surface area contributed by atoms with Gasteiger partial charge in [-0.15, -0.1) is 0 Å². The summed E-state index contributed by atoms with van der Waals surface area (Å²) >= 11 is 0. The molecule has 4 rings (SSSR count). The van der Waals surface area contributed by atoms with E-state index in [0.29, 0.717) is 29.3 Å². The number of nitrogens with zero attached hydrogens (tertiary/aromatic N) is 2. The molecule has 9 heteroatoms. The predicted molar refractivity (Wildman–Crippen MR) is 130 cm³/mol. The zero-order valence-electron chi connectivity index (χ0n) is 19.9. The topological polar surface area (TPSA) is 115 Å². The quantitative estimate of drug-likeness (QED) is 0.257. The standard InChI is InChI=1S/C26H27N5O4/c1-4-30(5-2)22(27)18-8-6-17(7-9-18)12-13-26(24(33)28-25(34)29-26)16-31-15-19-10-11-20(35-3)14-21(19)23(31)32/h6-11,14,27H,4-5,15-16H2,1-3H3,(H2,28,29,33,34). The number of amides is 4. The van der Waals surface area contributed by atoms with Gasteiger partial charge in [-0.1, -0.05) is 30.0 Å². The molecule has 1 fully saturated rings. The molecule has 0 saturated carbocycles. The molecule has 1 saturated heterocycles. The Morgan fingerprint density at radius 1 is 1.14 bits per heavy atom. The van der Waals surface area contributed by atoms with Gasteiger partial charge in [0.2, 0.25) is 5.54 Å². The van der Waals surface area contributed by atoms with Crippen LogP contribution < -0.4 is 15.4 Å². The van der Waals surface area contributed by atoms with Gasteiger partial charge in [0.25, 0.3) is 11.8 Å². The van der Waals surface area contributed by atoms with Gasteiger partial charge in [0.15, 0.2) is 0 Å². The molecule has 9 nitrogen and oxygen atoms in total. The average molecular weight is 474 g/mol. The third-order valence-electron chi connectivity index (χ3n) is 6.22. The van der Waals surface area contributed by atoms with Crippen LogP contribution in [0.15, 0.2) is 42.5 Å². The van der Waals surface area contributed by atoms with Crippen LogP contribution in [0.4, 0.5) is 4.79 Å². The summed E-state index contributed by atoms with van der Waals surface area (Å²) in [4.78, 5) is 41.3. The highest BCUT2D eigenvalue weighted by Gasteiger charge is 2.48. The molecule has 0 aliphatic carbocycles. The van der Waals surface area contributed by atoms with Crippen LogP contribution in [0, 0.1) is 17.3 Å². The Labute approximate surface area is 203 Å². The number of benzene rings is 2. The van der Waals surface area contributed by atoms with Crippen LogP contribution in [0.2, 0.25) is 0 Å². The fourth-order valence-electron chi connectivity index (χ4n) is 4.22. The number of fused-ring (bicyclic) bond motifs is 1. The number of urea groups is 1. The summed E-state index contributed by atoms with van der Waals surface area (Å²) in [6.07, 6.45) is 0. The SMILES string of the molecule is CCN(CC)C(=N)c1ccc(C#CC2(CN3Cc4ccc(OC)cc4C3=O)NC(=O)NC2=O)cc1. The van der Waals surface area contributed by atoms with E-state index >= 15 is 0 Å². The molecule has 2 aliphatic heterocycles. The molecular weight excluding hydrogens is 446 g/mol. The van der Waals surface area contributed by atoms with Crippen molar-refractivity contribution >= 4 is 23.7 Å². The summed E-state index contributed by atoms with van der Waals surface area (Å²) in [7, 11) is 1.53. The Kier molecular flexibility index (Phi) is 6.47. The van der Waals surface area contributed by atoms with Crippen LogP contribution in [0.1, 0.15) is 40.9 Å². The van der Waals surface area contributed by atoms with Gasteiger partial charge in [0.05, 0.1) is 13.7 Å². The summed E-state index contributed by atoms with van der Waals surface area (Å²) in [6, 6.07) is 11.8. The molecule has 2 heterocycles. The molecule has 2 aliphatic rings. The Morgan fingerprint density at radius 3 is 2.46 bits per heavy atom. The van der Waals surface area contributed by atoms with Crippen molar-refractivity contribution in [1.29, 1.82) is 5.41 Å². The fraction of sp³-hybridized carbons (Fsp3) is 0.308. The molecule has 0 bridgehead atoms. The number of ether oxygens (including phenoxy) is 1. The number of hydrogen-bond acceptors (Lipinski definition) is 5. The predicted octanol–water partition coefficient (Wildman–Crippen LogP) is 1.95. The lowest BCUT2D eigenvalue weighted by Gasteiger charge is -2.26. The van der Waals surface area contributed by atoms with Crippen LogP contribution in [0.5, 0.6) is 5.75 Å². The van der Waals surface area contributed by atoms with E-state index in [0.717, 1.165) is 24.2 Å². The van der Waals surface area contributed by atoms with E-state index < -0.39 is 17.5 Å². The summed E-state index contributed by atoms with van der Waals surface area (Å²) < 4.78 is 5.21. The molecule has 1 atom stereocenters. The molecule has 0 spiro atoms. The molecule has 35 heavy (non-hydrogen) atoms. The van der Waals surface area contributed by atoms with Gasteiger partial charge >= 0.3 is 6.03 Å². The summed E-state index contributed by atoms with van der Waals surface area (Å²) in [5.74, 6) is 6.01. The van der Waals surface area contributed by atoms with Crippen molar-refractivity contribution in [3.63, 3.8) is 0 Å². The van der Waals surface area contributed by atoms with Gasteiger partial charge in [-0.05, 0) is 43.7 Å². The monoisotopic (exact) mass is 473 g/mol. The van der Waals surface area contributed by atoms with Crippen LogP contribution in [0.25, 0.3) is 0 Å². The Balaban J connectivity index is 1.58. The second-order valence-corrected chi connectivity index (χ2v) is 8.35. The molecule has 2 aromatic rings. The Hall–Kier alpha value is -4.32. The molecule has 4 amide bonds. The van der Waals surface area contributed by atoms with Crippen LogP contribution in [-0.2, 0) is 11.3 Å². The number of rotatable bonds is 6. The van der Waals surface area contributed by atoms with Gasteiger partial charge < -0.3 is 19.9 Å². The van der Waals surface area contributed by atoms with Crippen LogP contribution in [-0.4, -0.2) is 65.8 Å². The van der Waals surface area contributed by atoms with Crippen molar-refractivity contribution in [1.82, 2.24) is 20.4 Å². The lowest BCUT2D eigenvalue weighted by atomic mass is 9.99. The van der Waals surface area contributed by atoms with E-state index in [9.17, 15) is 14.4 Å². The lowest BCUT2D eigenvalue weighted by Crippen LogP contribution is -2.54. The minimum atomic E-state index is -1.58. The Bertz CT molecular complexity index is 1260. The first-order valence-electron chi connectivity index (χ1n) is 11.4. The highest BCUT2D eigenvalue weighted by Crippen LogP contribution is 2.28. The highest BCUT2D eigenvalue weighted by atomic mass is 16.5. The molecule has 0 radical (unpaired) electrons. The van der Waals surface area contributed by atoms with Crippen LogP contribution in [0.3, 0.4) is 0 Å². The van der Waals surface area contributed by atoms with Crippen molar-refractivity contribution in [2.45, 2.75) is 25.9 Å². The number of methoxy groups -OCH3 is 1. The molecule has 180 valence electrons. The normalized spacial score (nSPS) is 18.4. The van der Waals surface area contributed by atoms with Crippen molar-refractivity contribution in [2.75, 3.05) is 26.7 Å². The number of imide groups is 1. The van der Waals surface area contributed by atoms with Gasteiger partial charge in [0.1, 0.15) is 11.6 Å². The maximum atomic E-state index is 13.0. The van der Waals surface area contributed by atoms with Crippen LogP contribution >= 0.6 is 0 Å². The number of carbonyl (C=O) groups is 3. The minimum absolute atomic E-state index is 0.0991. The minimum Gasteiger partial charge on any atom is -0.497 e. The maximum absolute atomic E-state index is 13.0. The number of hydrogen-bond donors (Lipinski definition) is 3. The smallest absolute Gasteiger partial charge is 0.323 e. The molecular formula is C26H27N5O4. The lowest BCUT2D eigenvalue weighted by molar-refractivity contribution is -0.122.